The van der Waals surface area contributed by atoms with Gasteiger partial charge in [-0.3, -0.25) is 0 Å². The summed E-state index contributed by atoms with van der Waals surface area (Å²) in [5, 5.41) is 12.7. The molecular formula is C19H16N4S. The first-order valence-electron chi connectivity index (χ1n) is 7.71. The number of fused-ring (bicyclic) bond motifs is 1. The Labute approximate surface area is 144 Å². The topological polar surface area (TPSA) is 42.5 Å². The second-order valence-corrected chi connectivity index (χ2v) is 6.45. The SMILES string of the molecule is Cc1csc(N=Nc2c(-c3ccccc3)n(C)c3ccccc23)n1. The van der Waals surface area contributed by atoms with E-state index in [9.17, 15) is 0 Å². The molecule has 0 aliphatic carbocycles. The zero-order chi connectivity index (χ0) is 16.5. The van der Waals surface area contributed by atoms with Crippen molar-refractivity contribution in [3.8, 4) is 11.3 Å². The molecule has 0 amide bonds. The fourth-order valence-electron chi connectivity index (χ4n) is 2.88. The number of hydrogen-bond acceptors (Lipinski definition) is 4. The van der Waals surface area contributed by atoms with E-state index in [1.54, 1.807) is 0 Å². The highest BCUT2D eigenvalue weighted by Gasteiger charge is 2.16. The number of benzene rings is 2. The van der Waals surface area contributed by atoms with Crippen molar-refractivity contribution in [2.75, 3.05) is 0 Å². The Hall–Kier alpha value is -2.79. The standard InChI is InChI=1S/C19H16N4S/c1-13-12-24-19(20-13)22-21-17-15-10-6-7-11-16(15)23(2)18(17)14-8-4-3-5-9-14/h3-12H,1-2H3. The lowest BCUT2D eigenvalue weighted by Crippen LogP contribution is -1.90. The molecule has 0 spiro atoms. The molecule has 0 N–H and O–H groups in total. The minimum atomic E-state index is 0.680. The van der Waals surface area contributed by atoms with Crippen molar-refractivity contribution in [3.05, 3.63) is 65.7 Å². The van der Waals surface area contributed by atoms with Crippen LogP contribution in [-0.2, 0) is 7.05 Å². The second-order valence-electron chi connectivity index (χ2n) is 5.61. The molecule has 4 nitrogen and oxygen atoms in total. The van der Waals surface area contributed by atoms with Crippen molar-refractivity contribution in [2.45, 2.75) is 6.92 Å². The molecule has 0 saturated carbocycles. The summed E-state index contributed by atoms with van der Waals surface area (Å²) in [6.07, 6.45) is 0. The van der Waals surface area contributed by atoms with Crippen molar-refractivity contribution in [1.29, 1.82) is 0 Å². The first-order chi connectivity index (χ1) is 11.7. The van der Waals surface area contributed by atoms with Crippen molar-refractivity contribution in [1.82, 2.24) is 9.55 Å². The van der Waals surface area contributed by atoms with E-state index >= 15 is 0 Å². The van der Waals surface area contributed by atoms with E-state index in [0.29, 0.717) is 5.13 Å². The Morgan fingerprint density at radius 1 is 0.958 bits per heavy atom. The smallest absolute Gasteiger partial charge is 0.230 e. The van der Waals surface area contributed by atoms with Crippen LogP contribution in [0, 0.1) is 6.92 Å². The highest BCUT2D eigenvalue weighted by atomic mass is 32.1. The predicted molar refractivity (Wildman–Crippen MR) is 99.4 cm³/mol. The summed E-state index contributed by atoms with van der Waals surface area (Å²) in [6.45, 7) is 1.96. The van der Waals surface area contributed by atoms with Crippen LogP contribution in [0.3, 0.4) is 0 Å². The fraction of sp³-hybridized carbons (Fsp3) is 0.105. The minimum absolute atomic E-state index is 0.680. The summed E-state index contributed by atoms with van der Waals surface area (Å²) in [5.41, 5.74) is 5.18. The monoisotopic (exact) mass is 332 g/mol. The summed E-state index contributed by atoms with van der Waals surface area (Å²) >= 11 is 1.50. The zero-order valence-corrected chi connectivity index (χ0v) is 14.3. The third-order valence-corrected chi connectivity index (χ3v) is 4.81. The van der Waals surface area contributed by atoms with Crippen LogP contribution in [0.2, 0.25) is 0 Å². The van der Waals surface area contributed by atoms with Gasteiger partial charge in [0, 0.05) is 23.4 Å². The van der Waals surface area contributed by atoms with Crippen molar-refractivity contribution in [2.24, 2.45) is 17.3 Å². The molecule has 0 bridgehead atoms. The summed E-state index contributed by atoms with van der Waals surface area (Å²) in [4.78, 5) is 4.37. The Kier molecular flexibility index (Phi) is 3.70. The molecule has 0 radical (unpaired) electrons. The van der Waals surface area contributed by atoms with E-state index in [1.807, 2.05) is 42.6 Å². The molecule has 2 aromatic heterocycles. The number of thiazole rings is 1. The highest BCUT2D eigenvalue weighted by Crippen LogP contribution is 2.40. The summed E-state index contributed by atoms with van der Waals surface area (Å²) in [7, 11) is 2.07. The molecule has 0 fully saturated rings. The molecular weight excluding hydrogens is 316 g/mol. The fourth-order valence-corrected chi connectivity index (χ4v) is 3.49. The molecule has 4 aromatic rings. The number of rotatable bonds is 3. The molecule has 0 unspecified atom stereocenters. The maximum Gasteiger partial charge on any atom is 0.230 e. The lowest BCUT2D eigenvalue weighted by atomic mass is 10.1. The maximum absolute atomic E-state index is 4.57. The van der Waals surface area contributed by atoms with Crippen LogP contribution in [0.25, 0.3) is 22.2 Å². The normalized spacial score (nSPS) is 11.6. The summed E-state index contributed by atoms with van der Waals surface area (Å²) in [6, 6.07) is 18.6. The first-order valence-corrected chi connectivity index (χ1v) is 8.59. The Morgan fingerprint density at radius 3 is 2.46 bits per heavy atom. The zero-order valence-electron chi connectivity index (χ0n) is 13.5. The third kappa shape index (κ3) is 2.53. The first kappa shape index (κ1) is 14.8. The Bertz CT molecular complexity index is 1030. The van der Waals surface area contributed by atoms with Crippen LogP contribution >= 0.6 is 11.3 Å². The second kappa shape index (κ2) is 6.02. The van der Waals surface area contributed by atoms with Gasteiger partial charge in [-0.05, 0) is 13.0 Å². The molecule has 4 rings (SSSR count). The number of hydrogen-bond donors (Lipinski definition) is 0. The van der Waals surface area contributed by atoms with Gasteiger partial charge in [-0.2, -0.15) is 0 Å². The van der Waals surface area contributed by atoms with Gasteiger partial charge in [-0.1, -0.05) is 48.5 Å². The van der Waals surface area contributed by atoms with Gasteiger partial charge in [0.15, 0.2) is 0 Å². The van der Waals surface area contributed by atoms with Gasteiger partial charge >= 0.3 is 0 Å². The maximum atomic E-state index is 4.57. The van der Waals surface area contributed by atoms with Crippen LogP contribution in [0.1, 0.15) is 5.69 Å². The molecule has 118 valence electrons. The lowest BCUT2D eigenvalue weighted by Gasteiger charge is -2.05. The van der Waals surface area contributed by atoms with Gasteiger partial charge in [0.25, 0.3) is 0 Å². The minimum Gasteiger partial charge on any atom is -0.342 e. The van der Waals surface area contributed by atoms with Crippen LogP contribution in [0.15, 0.2) is 70.2 Å². The Morgan fingerprint density at radius 2 is 1.71 bits per heavy atom. The van der Waals surface area contributed by atoms with Gasteiger partial charge in [-0.25, -0.2) is 4.98 Å². The van der Waals surface area contributed by atoms with Gasteiger partial charge in [0.05, 0.1) is 16.9 Å². The largest absolute Gasteiger partial charge is 0.342 e. The van der Waals surface area contributed by atoms with E-state index in [4.69, 9.17) is 0 Å². The number of nitrogens with zero attached hydrogens (tertiary/aromatic N) is 4. The van der Waals surface area contributed by atoms with E-state index in [2.05, 4.69) is 51.1 Å². The van der Waals surface area contributed by atoms with Gasteiger partial charge in [0.1, 0.15) is 5.69 Å². The highest BCUT2D eigenvalue weighted by molar-refractivity contribution is 7.13. The molecule has 24 heavy (non-hydrogen) atoms. The lowest BCUT2D eigenvalue weighted by molar-refractivity contribution is 0.976. The van der Waals surface area contributed by atoms with Crippen LogP contribution in [0.5, 0.6) is 0 Å². The van der Waals surface area contributed by atoms with Gasteiger partial charge in [-0.15, -0.1) is 21.6 Å². The van der Waals surface area contributed by atoms with Crippen molar-refractivity contribution in [3.63, 3.8) is 0 Å². The van der Waals surface area contributed by atoms with E-state index in [1.165, 1.54) is 11.3 Å². The van der Waals surface area contributed by atoms with Crippen LogP contribution in [0.4, 0.5) is 10.8 Å². The average Bonchev–Trinajstić information content (AvgIpc) is 3.15. The van der Waals surface area contributed by atoms with Gasteiger partial charge in [0.2, 0.25) is 5.13 Å². The quantitative estimate of drug-likeness (QED) is 0.423. The molecule has 2 aromatic carbocycles. The van der Waals surface area contributed by atoms with E-state index in [0.717, 1.165) is 33.5 Å². The molecule has 0 aliphatic rings. The Balaban J connectivity index is 1.94. The van der Waals surface area contributed by atoms with E-state index in [-0.39, 0.29) is 0 Å². The van der Waals surface area contributed by atoms with E-state index < -0.39 is 0 Å². The average molecular weight is 332 g/mol. The number of azo groups is 1. The molecule has 0 aliphatic heterocycles. The molecule has 5 heteroatoms. The number of para-hydroxylation sites is 1. The number of aryl methyl sites for hydroxylation is 2. The van der Waals surface area contributed by atoms with Gasteiger partial charge < -0.3 is 4.57 Å². The van der Waals surface area contributed by atoms with Crippen molar-refractivity contribution >= 4 is 33.1 Å². The molecule has 0 saturated heterocycles. The molecule has 0 atom stereocenters. The summed E-state index contributed by atoms with van der Waals surface area (Å²) < 4.78 is 2.17. The van der Waals surface area contributed by atoms with Crippen LogP contribution < -0.4 is 0 Å². The number of aromatic nitrogens is 2. The summed E-state index contributed by atoms with van der Waals surface area (Å²) in [5.74, 6) is 0. The van der Waals surface area contributed by atoms with Crippen LogP contribution in [-0.4, -0.2) is 9.55 Å². The predicted octanol–water partition coefficient (Wildman–Crippen LogP) is 6.03. The molecule has 2 heterocycles. The third-order valence-electron chi connectivity index (χ3n) is 3.97. The van der Waals surface area contributed by atoms with Crippen molar-refractivity contribution < 1.29 is 0 Å².